The summed E-state index contributed by atoms with van der Waals surface area (Å²) in [7, 11) is -3.59. The first-order valence-corrected chi connectivity index (χ1v) is 7.91. The van der Waals surface area contributed by atoms with Gasteiger partial charge in [-0.05, 0) is 36.2 Å². The number of nitrogens with two attached hydrogens (primary N) is 1. The highest BCUT2D eigenvalue weighted by Crippen LogP contribution is 2.21. The van der Waals surface area contributed by atoms with Gasteiger partial charge in [-0.1, -0.05) is 24.3 Å². The lowest BCUT2D eigenvalue weighted by Gasteiger charge is -2.11. The molecule has 0 radical (unpaired) electrons. The van der Waals surface area contributed by atoms with E-state index in [1.165, 1.54) is 0 Å². The zero-order chi connectivity index (χ0) is 15.5. The summed E-state index contributed by atoms with van der Waals surface area (Å²) >= 11 is 0. The number of anilines is 2. The molecule has 2 aromatic carbocycles. The van der Waals surface area contributed by atoms with Gasteiger partial charge in [-0.25, -0.2) is 8.42 Å². The Hall–Kier alpha value is -2.52. The molecule has 21 heavy (non-hydrogen) atoms. The molecule has 0 fully saturated rings. The van der Waals surface area contributed by atoms with Gasteiger partial charge in [0.1, 0.15) is 6.07 Å². The molecule has 0 spiro atoms. The van der Waals surface area contributed by atoms with Gasteiger partial charge in [0, 0.05) is 5.69 Å². The summed E-state index contributed by atoms with van der Waals surface area (Å²) in [4.78, 5) is 0. The fourth-order valence-electron chi connectivity index (χ4n) is 1.94. The Kier molecular flexibility index (Phi) is 4.15. The molecule has 0 bridgehead atoms. The van der Waals surface area contributed by atoms with Crippen LogP contribution in [0.15, 0.2) is 42.5 Å². The van der Waals surface area contributed by atoms with Crippen molar-refractivity contribution in [2.75, 3.05) is 10.5 Å². The third kappa shape index (κ3) is 3.74. The monoisotopic (exact) mass is 301 g/mol. The van der Waals surface area contributed by atoms with E-state index in [4.69, 9.17) is 11.0 Å². The van der Waals surface area contributed by atoms with E-state index in [-0.39, 0.29) is 5.75 Å². The van der Waals surface area contributed by atoms with Gasteiger partial charge in [0.25, 0.3) is 0 Å². The maximum Gasteiger partial charge on any atom is 0.236 e. The van der Waals surface area contributed by atoms with Crippen LogP contribution in [0.4, 0.5) is 11.4 Å². The van der Waals surface area contributed by atoms with Gasteiger partial charge in [0.05, 0.1) is 17.0 Å². The van der Waals surface area contributed by atoms with Crippen molar-refractivity contribution in [1.29, 1.82) is 5.26 Å². The second kappa shape index (κ2) is 5.85. The van der Waals surface area contributed by atoms with Crippen molar-refractivity contribution >= 4 is 21.4 Å². The highest BCUT2D eigenvalue weighted by molar-refractivity contribution is 7.91. The van der Waals surface area contributed by atoms with Crippen LogP contribution in [-0.4, -0.2) is 8.42 Å². The summed E-state index contributed by atoms with van der Waals surface area (Å²) < 4.78 is 26.8. The summed E-state index contributed by atoms with van der Waals surface area (Å²) in [6, 6.07) is 13.7. The van der Waals surface area contributed by atoms with Crippen LogP contribution < -0.4 is 10.5 Å². The maximum atomic E-state index is 12.2. The van der Waals surface area contributed by atoms with Gasteiger partial charge in [-0.2, -0.15) is 5.26 Å². The fraction of sp³-hybridized carbons (Fsp3) is 0.133. The molecule has 0 heterocycles. The highest BCUT2D eigenvalue weighted by atomic mass is 32.2. The number of nitrogen functional groups attached to an aromatic ring is 1. The van der Waals surface area contributed by atoms with Crippen LogP contribution in [0.2, 0.25) is 0 Å². The molecular formula is C15H15N3O2S. The normalized spacial score (nSPS) is 10.9. The van der Waals surface area contributed by atoms with Crippen LogP contribution in [0.5, 0.6) is 0 Å². The predicted molar refractivity (Wildman–Crippen MR) is 83.0 cm³/mol. The summed E-state index contributed by atoms with van der Waals surface area (Å²) in [6.07, 6.45) is 0. The standard InChI is InChI=1S/C15H15N3O2S/c1-11-3-2-4-15(14(11)9-16)18-21(19,20)10-12-5-7-13(17)8-6-12/h2-8,18H,10,17H2,1H3. The molecule has 5 nitrogen and oxygen atoms in total. The minimum Gasteiger partial charge on any atom is -0.399 e. The van der Waals surface area contributed by atoms with Crippen molar-refractivity contribution in [3.8, 4) is 6.07 Å². The van der Waals surface area contributed by atoms with E-state index in [0.717, 1.165) is 5.56 Å². The molecule has 0 saturated carbocycles. The van der Waals surface area contributed by atoms with Gasteiger partial charge in [-0.3, -0.25) is 4.72 Å². The van der Waals surface area contributed by atoms with Crippen molar-refractivity contribution in [3.05, 3.63) is 59.2 Å². The lowest BCUT2D eigenvalue weighted by Crippen LogP contribution is -2.16. The van der Waals surface area contributed by atoms with Crippen molar-refractivity contribution in [1.82, 2.24) is 0 Å². The van der Waals surface area contributed by atoms with Crippen molar-refractivity contribution < 1.29 is 8.42 Å². The fourth-order valence-corrected chi connectivity index (χ4v) is 3.15. The third-order valence-electron chi connectivity index (χ3n) is 2.99. The van der Waals surface area contributed by atoms with Gasteiger partial charge in [0.15, 0.2) is 0 Å². The quantitative estimate of drug-likeness (QED) is 0.847. The second-order valence-corrected chi connectivity index (χ2v) is 6.43. The van der Waals surface area contributed by atoms with Crippen molar-refractivity contribution in [3.63, 3.8) is 0 Å². The number of hydrogen-bond acceptors (Lipinski definition) is 4. The van der Waals surface area contributed by atoms with Gasteiger partial charge in [0.2, 0.25) is 10.0 Å². The number of nitrogens with zero attached hydrogens (tertiary/aromatic N) is 1. The van der Waals surface area contributed by atoms with E-state index in [2.05, 4.69) is 4.72 Å². The molecule has 0 aromatic heterocycles. The topological polar surface area (TPSA) is 96.0 Å². The molecule has 0 atom stereocenters. The number of rotatable bonds is 4. The minimum atomic E-state index is -3.59. The van der Waals surface area contributed by atoms with E-state index in [1.54, 1.807) is 49.4 Å². The average Bonchev–Trinajstić information content (AvgIpc) is 2.41. The number of aryl methyl sites for hydroxylation is 1. The smallest absolute Gasteiger partial charge is 0.236 e. The molecule has 3 N–H and O–H groups in total. The van der Waals surface area contributed by atoms with E-state index >= 15 is 0 Å². The first-order valence-electron chi connectivity index (χ1n) is 6.26. The third-order valence-corrected chi connectivity index (χ3v) is 4.23. The van der Waals surface area contributed by atoms with E-state index in [1.807, 2.05) is 6.07 Å². The molecule has 6 heteroatoms. The van der Waals surface area contributed by atoms with Crippen LogP contribution in [-0.2, 0) is 15.8 Å². The first-order chi connectivity index (χ1) is 9.91. The number of hydrogen-bond donors (Lipinski definition) is 2. The number of nitrogens with one attached hydrogen (secondary N) is 1. The van der Waals surface area contributed by atoms with Crippen LogP contribution in [0, 0.1) is 18.3 Å². The minimum absolute atomic E-state index is 0.175. The summed E-state index contributed by atoms with van der Waals surface area (Å²) in [6.45, 7) is 1.76. The van der Waals surface area contributed by atoms with Crippen LogP contribution in [0.25, 0.3) is 0 Å². The van der Waals surface area contributed by atoms with Gasteiger partial charge < -0.3 is 5.73 Å². The maximum absolute atomic E-state index is 12.2. The molecule has 0 aliphatic heterocycles. The van der Waals surface area contributed by atoms with Gasteiger partial charge >= 0.3 is 0 Å². The first kappa shape index (κ1) is 14.9. The van der Waals surface area contributed by atoms with Crippen molar-refractivity contribution in [2.45, 2.75) is 12.7 Å². The molecule has 2 rings (SSSR count). The summed E-state index contributed by atoms with van der Waals surface area (Å²) in [5.74, 6) is -0.175. The predicted octanol–water partition coefficient (Wildman–Crippen LogP) is 2.39. The molecule has 2 aromatic rings. The number of nitriles is 1. The Morgan fingerprint density at radius 3 is 2.48 bits per heavy atom. The Labute approximate surface area is 124 Å². The summed E-state index contributed by atoms with van der Waals surface area (Å²) in [5.41, 5.74) is 8.13. The zero-order valence-electron chi connectivity index (χ0n) is 11.5. The lowest BCUT2D eigenvalue weighted by molar-refractivity contribution is 0.600. The number of benzene rings is 2. The van der Waals surface area contributed by atoms with Crippen molar-refractivity contribution in [2.24, 2.45) is 0 Å². The number of sulfonamides is 1. The Balaban J connectivity index is 2.24. The molecule has 0 aliphatic rings. The van der Waals surface area contributed by atoms with Crippen LogP contribution in [0.1, 0.15) is 16.7 Å². The zero-order valence-corrected chi connectivity index (χ0v) is 12.3. The molecule has 0 saturated heterocycles. The summed E-state index contributed by atoms with van der Waals surface area (Å²) in [5, 5.41) is 9.12. The van der Waals surface area contributed by atoms with E-state index < -0.39 is 10.0 Å². The molecule has 0 aliphatic carbocycles. The Morgan fingerprint density at radius 2 is 1.86 bits per heavy atom. The molecular weight excluding hydrogens is 286 g/mol. The Bertz CT molecular complexity index is 791. The van der Waals surface area contributed by atoms with E-state index in [0.29, 0.717) is 22.5 Å². The SMILES string of the molecule is Cc1cccc(NS(=O)(=O)Cc2ccc(N)cc2)c1C#N. The van der Waals surface area contributed by atoms with E-state index in [9.17, 15) is 8.42 Å². The molecule has 108 valence electrons. The molecule has 0 amide bonds. The lowest BCUT2D eigenvalue weighted by atomic mass is 10.1. The molecule has 0 unspecified atom stereocenters. The van der Waals surface area contributed by atoms with Crippen LogP contribution >= 0.6 is 0 Å². The second-order valence-electron chi connectivity index (χ2n) is 4.71. The highest BCUT2D eigenvalue weighted by Gasteiger charge is 2.14. The average molecular weight is 301 g/mol. The van der Waals surface area contributed by atoms with Gasteiger partial charge in [-0.15, -0.1) is 0 Å². The van der Waals surface area contributed by atoms with Crippen LogP contribution in [0.3, 0.4) is 0 Å². The largest absolute Gasteiger partial charge is 0.399 e. The Morgan fingerprint density at radius 1 is 1.19 bits per heavy atom.